The Labute approximate surface area is 140 Å². The predicted octanol–water partition coefficient (Wildman–Crippen LogP) is 2.78. The van der Waals surface area contributed by atoms with Gasteiger partial charge in [-0.1, -0.05) is 19.4 Å². The number of nitrogens with zero attached hydrogens (tertiary/aromatic N) is 1. The van der Waals surface area contributed by atoms with E-state index >= 15 is 0 Å². The summed E-state index contributed by atoms with van der Waals surface area (Å²) in [7, 11) is 0. The minimum atomic E-state index is -3.13. The molecule has 132 valence electrons. The molecule has 0 unspecified atom stereocenters. The molecule has 1 aromatic rings. The van der Waals surface area contributed by atoms with E-state index in [0.717, 1.165) is 31.6 Å². The topological polar surface area (TPSA) is 61.4 Å². The third kappa shape index (κ3) is 4.91. The third-order valence-electron chi connectivity index (χ3n) is 3.99. The molecule has 1 aliphatic rings. The summed E-state index contributed by atoms with van der Waals surface area (Å²) >= 11 is 0. The molecule has 24 heavy (non-hydrogen) atoms. The van der Waals surface area contributed by atoms with Crippen LogP contribution in [0.4, 0.5) is 20.2 Å². The number of amides is 2. The average molecular weight is 339 g/mol. The summed E-state index contributed by atoms with van der Waals surface area (Å²) in [6, 6.07) is 6.46. The van der Waals surface area contributed by atoms with Crippen molar-refractivity contribution in [3.05, 3.63) is 24.3 Å². The van der Waals surface area contributed by atoms with E-state index < -0.39 is 24.3 Å². The molecule has 5 nitrogen and oxygen atoms in total. The van der Waals surface area contributed by atoms with Crippen molar-refractivity contribution < 1.29 is 18.4 Å². The van der Waals surface area contributed by atoms with Gasteiger partial charge in [0, 0.05) is 24.5 Å². The highest BCUT2D eigenvalue weighted by Crippen LogP contribution is 2.23. The van der Waals surface area contributed by atoms with Gasteiger partial charge in [-0.15, -0.1) is 0 Å². The lowest BCUT2D eigenvalue weighted by Crippen LogP contribution is -2.45. The molecule has 1 heterocycles. The number of carbonyl (C=O) groups is 2. The van der Waals surface area contributed by atoms with Gasteiger partial charge >= 0.3 is 6.43 Å². The van der Waals surface area contributed by atoms with Gasteiger partial charge in [0.2, 0.25) is 5.91 Å². The maximum absolute atomic E-state index is 12.4. The van der Waals surface area contributed by atoms with Gasteiger partial charge in [0.15, 0.2) is 0 Å². The zero-order valence-corrected chi connectivity index (χ0v) is 13.7. The van der Waals surface area contributed by atoms with Crippen molar-refractivity contribution in [3.63, 3.8) is 0 Å². The van der Waals surface area contributed by atoms with Gasteiger partial charge < -0.3 is 15.5 Å². The highest BCUT2D eigenvalue weighted by Gasteiger charge is 2.24. The maximum Gasteiger partial charge on any atom is 0.315 e. The van der Waals surface area contributed by atoms with Crippen LogP contribution in [0.15, 0.2) is 24.3 Å². The second kappa shape index (κ2) is 8.61. The van der Waals surface area contributed by atoms with E-state index in [1.807, 2.05) is 25.1 Å². The van der Waals surface area contributed by atoms with Gasteiger partial charge in [-0.05, 0) is 37.5 Å². The molecule has 2 N–H and O–H groups in total. The van der Waals surface area contributed by atoms with Crippen LogP contribution in [-0.4, -0.2) is 37.4 Å². The molecule has 1 saturated heterocycles. The number of hydrogen-bond acceptors (Lipinski definition) is 3. The zero-order chi connectivity index (χ0) is 17.5. The van der Waals surface area contributed by atoms with Crippen molar-refractivity contribution in [2.24, 2.45) is 0 Å². The largest absolute Gasteiger partial charge is 0.371 e. The minimum absolute atomic E-state index is 0.302. The molecule has 1 atom stereocenters. The number of nitrogens with one attached hydrogen (secondary N) is 2. The molecule has 0 aliphatic carbocycles. The first-order valence-corrected chi connectivity index (χ1v) is 8.25. The maximum atomic E-state index is 12.4. The van der Waals surface area contributed by atoms with E-state index in [4.69, 9.17) is 0 Å². The van der Waals surface area contributed by atoms with Crippen molar-refractivity contribution in [2.45, 2.75) is 45.1 Å². The van der Waals surface area contributed by atoms with E-state index in [0.29, 0.717) is 18.5 Å². The average Bonchev–Trinajstić information content (AvgIpc) is 3.09. The number of benzene rings is 1. The van der Waals surface area contributed by atoms with Crippen molar-refractivity contribution >= 4 is 23.2 Å². The molecule has 2 rings (SSSR count). The summed E-state index contributed by atoms with van der Waals surface area (Å²) < 4.78 is 24.8. The smallest absolute Gasteiger partial charge is 0.315 e. The lowest BCUT2D eigenvalue weighted by atomic mass is 10.1. The van der Waals surface area contributed by atoms with Crippen molar-refractivity contribution in [3.8, 4) is 0 Å². The van der Waals surface area contributed by atoms with Gasteiger partial charge in [0.1, 0.15) is 6.04 Å². The SMILES string of the molecule is CCC[C@H](NC(=O)C(F)F)C(=O)Nc1cccc(N2CCCC2)c1. The highest BCUT2D eigenvalue weighted by molar-refractivity contribution is 5.97. The molecule has 0 bridgehead atoms. The van der Waals surface area contributed by atoms with Gasteiger partial charge in [-0.25, -0.2) is 0 Å². The standard InChI is InChI=1S/C17H23F2N3O2/c1-2-6-14(21-17(24)15(18)19)16(23)20-12-7-5-8-13(11-12)22-9-3-4-10-22/h5,7-8,11,14-15H,2-4,6,9-10H2,1H3,(H,20,23)(H,21,24)/t14-/m0/s1. The second-order valence-electron chi connectivity index (χ2n) is 5.88. The summed E-state index contributed by atoms with van der Waals surface area (Å²) in [5.41, 5.74) is 1.62. The fourth-order valence-electron chi connectivity index (χ4n) is 2.78. The van der Waals surface area contributed by atoms with Crippen LogP contribution in [0.3, 0.4) is 0 Å². The van der Waals surface area contributed by atoms with E-state index in [-0.39, 0.29) is 0 Å². The normalized spacial score (nSPS) is 15.4. The Morgan fingerprint density at radius 1 is 1.21 bits per heavy atom. The van der Waals surface area contributed by atoms with Crippen LogP contribution in [0.25, 0.3) is 0 Å². The summed E-state index contributed by atoms with van der Waals surface area (Å²) in [4.78, 5) is 25.7. The van der Waals surface area contributed by atoms with E-state index in [9.17, 15) is 18.4 Å². The minimum Gasteiger partial charge on any atom is -0.371 e. The Morgan fingerprint density at radius 2 is 1.92 bits per heavy atom. The van der Waals surface area contributed by atoms with Gasteiger partial charge in [-0.3, -0.25) is 9.59 Å². The molecule has 1 fully saturated rings. The molecule has 0 radical (unpaired) electrons. The second-order valence-corrected chi connectivity index (χ2v) is 5.88. The monoisotopic (exact) mass is 339 g/mol. The van der Waals surface area contributed by atoms with Crippen molar-refractivity contribution in [1.29, 1.82) is 0 Å². The van der Waals surface area contributed by atoms with Gasteiger partial charge in [0.05, 0.1) is 0 Å². The summed E-state index contributed by atoms with van der Waals surface area (Å²) in [5.74, 6) is -1.90. The van der Waals surface area contributed by atoms with Crippen LogP contribution in [-0.2, 0) is 9.59 Å². The third-order valence-corrected chi connectivity index (χ3v) is 3.99. The van der Waals surface area contributed by atoms with Gasteiger partial charge in [-0.2, -0.15) is 8.78 Å². The summed E-state index contributed by atoms with van der Waals surface area (Å²) in [5, 5.41) is 4.81. The zero-order valence-electron chi connectivity index (χ0n) is 13.7. The summed E-state index contributed by atoms with van der Waals surface area (Å²) in [6.07, 6.45) is 0.0606. The molecule has 0 spiro atoms. The van der Waals surface area contributed by atoms with Crippen LogP contribution in [0, 0.1) is 0 Å². The first kappa shape index (κ1) is 18.2. The predicted molar refractivity (Wildman–Crippen MR) is 89.4 cm³/mol. The number of anilines is 2. The molecular weight excluding hydrogens is 316 g/mol. The molecular formula is C17H23F2N3O2. The lowest BCUT2D eigenvalue weighted by molar-refractivity contribution is -0.134. The molecule has 0 aromatic heterocycles. The fraction of sp³-hybridized carbons (Fsp3) is 0.529. The highest BCUT2D eigenvalue weighted by atomic mass is 19.3. The number of rotatable bonds is 7. The van der Waals surface area contributed by atoms with Crippen molar-refractivity contribution in [1.82, 2.24) is 5.32 Å². The Kier molecular flexibility index (Phi) is 6.52. The Hall–Kier alpha value is -2.18. The van der Waals surface area contributed by atoms with E-state index in [2.05, 4.69) is 15.5 Å². The van der Waals surface area contributed by atoms with Crippen LogP contribution in [0.2, 0.25) is 0 Å². The molecule has 1 aromatic carbocycles. The number of alkyl halides is 2. The van der Waals surface area contributed by atoms with Crippen molar-refractivity contribution in [2.75, 3.05) is 23.3 Å². The first-order chi connectivity index (χ1) is 11.5. The van der Waals surface area contributed by atoms with E-state index in [1.54, 1.807) is 6.07 Å². The quantitative estimate of drug-likeness (QED) is 0.803. The molecule has 1 aliphatic heterocycles. The van der Waals surface area contributed by atoms with E-state index in [1.165, 1.54) is 0 Å². The number of carbonyl (C=O) groups excluding carboxylic acids is 2. The van der Waals surface area contributed by atoms with Crippen LogP contribution in [0.5, 0.6) is 0 Å². The van der Waals surface area contributed by atoms with Crippen LogP contribution < -0.4 is 15.5 Å². The Balaban J connectivity index is 2.02. The molecule has 7 heteroatoms. The van der Waals surface area contributed by atoms with Crippen LogP contribution in [0.1, 0.15) is 32.6 Å². The van der Waals surface area contributed by atoms with Gasteiger partial charge in [0.25, 0.3) is 5.91 Å². The number of halogens is 2. The fourth-order valence-corrected chi connectivity index (χ4v) is 2.78. The molecule has 0 saturated carbocycles. The summed E-state index contributed by atoms with van der Waals surface area (Å²) in [6.45, 7) is 3.80. The Bertz CT molecular complexity index is 575. The first-order valence-electron chi connectivity index (χ1n) is 8.25. The van der Waals surface area contributed by atoms with Crippen LogP contribution >= 0.6 is 0 Å². The Morgan fingerprint density at radius 3 is 2.54 bits per heavy atom. The molecule has 2 amide bonds. The number of hydrogen-bond donors (Lipinski definition) is 2. The lowest BCUT2D eigenvalue weighted by Gasteiger charge is -2.20.